The minimum atomic E-state index is -0.849. The smallest absolute Gasteiger partial charge is 0.311 e. The standard InChI is InChI=1S/C22H22O5/c1-13-5-6-16(9-14(13)2)22(24)15(3)27-21(23)10-17-12-26-20-11-18(25-4)7-8-19(17)20/h5-9,11-12,15H,10H2,1-4H3/t15-/m0/s1. The van der Waals surface area contributed by atoms with Crippen LogP contribution in [0.25, 0.3) is 11.0 Å². The first kappa shape index (κ1) is 18.7. The number of Topliss-reactive ketones (excluding diaryl/α,β-unsaturated/α-hetero) is 1. The van der Waals surface area contributed by atoms with Gasteiger partial charge in [-0.1, -0.05) is 12.1 Å². The summed E-state index contributed by atoms with van der Waals surface area (Å²) >= 11 is 0. The van der Waals surface area contributed by atoms with Crippen molar-refractivity contribution in [2.45, 2.75) is 33.3 Å². The number of ether oxygens (including phenoxy) is 2. The minimum absolute atomic E-state index is 0.0316. The van der Waals surface area contributed by atoms with Gasteiger partial charge in [0.05, 0.1) is 19.8 Å². The van der Waals surface area contributed by atoms with Crippen LogP contribution in [0.15, 0.2) is 47.1 Å². The lowest BCUT2D eigenvalue weighted by Crippen LogP contribution is -2.25. The zero-order valence-electron chi connectivity index (χ0n) is 15.9. The van der Waals surface area contributed by atoms with Gasteiger partial charge in [-0.05, 0) is 50.1 Å². The average Bonchev–Trinajstić information content (AvgIpc) is 3.05. The van der Waals surface area contributed by atoms with E-state index in [1.54, 1.807) is 32.2 Å². The summed E-state index contributed by atoms with van der Waals surface area (Å²) in [6.07, 6.45) is 0.711. The van der Waals surface area contributed by atoms with E-state index in [1.165, 1.54) is 6.26 Å². The summed E-state index contributed by atoms with van der Waals surface area (Å²) in [6, 6.07) is 10.9. The Labute approximate surface area is 157 Å². The van der Waals surface area contributed by atoms with Gasteiger partial charge in [-0.15, -0.1) is 0 Å². The van der Waals surface area contributed by atoms with Gasteiger partial charge >= 0.3 is 5.97 Å². The summed E-state index contributed by atoms with van der Waals surface area (Å²) in [7, 11) is 1.58. The van der Waals surface area contributed by atoms with Crippen LogP contribution in [0.1, 0.15) is 34.0 Å². The molecule has 3 rings (SSSR count). The summed E-state index contributed by atoms with van der Waals surface area (Å²) in [5, 5.41) is 0.820. The number of carbonyl (C=O) groups is 2. The average molecular weight is 366 g/mol. The van der Waals surface area contributed by atoms with Gasteiger partial charge in [-0.3, -0.25) is 9.59 Å². The number of rotatable bonds is 6. The molecule has 3 aromatic rings. The molecule has 0 bridgehead atoms. The number of aryl methyl sites for hydroxylation is 2. The van der Waals surface area contributed by atoms with Gasteiger partial charge in [-0.2, -0.15) is 0 Å². The fraction of sp³-hybridized carbons (Fsp3) is 0.273. The van der Waals surface area contributed by atoms with Crippen molar-refractivity contribution in [2.75, 3.05) is 7.11 Å². The quantitative estimate of drug-likeness (QED) is 0.477. The van der Waals surface area contributed by atoms with Crippen LogP contribution in [0.5, 0.6) is 5.75 Å². The SMILES string of the molecule is COc1ccc2c(CC(=O)O[C@@H](C)C(=O)c3ccc(C)c(C)c3)coc2c1. The van der Waals surface area contributed by atoms with Gasteiger partial charge in [0.15, 0.2) is 6.10 Å². The fourth-order valence-electron chi connectivity index (χ4n) is 2.90. The third-order valence-corrected chi connectivity index (χ3v) is 4.67. The fourth-order valence-corrected chi connectivity index (χ4v) is 2.90. The molecule has 0 aliphatic heterocycles. The van der Waals surface area contributed by atoms with E-state index in [0.717, 1.165) is 16.5 Å². The van der Waals surface area contributed by atoms with Crippen LogP contribution in [0, 0.1) is 13.8 Å². The van der Waals surface area contributed by atoms with Gasteiger partial charge in [0.25, 0.3) is 0 Å². The zero-order chi connectivity index (χ0) is 19.6. The third kappa shape index (κ3) is 4.03. The largest absolute Gasteiger partial charge is 0.497 e. The number of furan rings is 1. The lowest BCUT2D eigenvalue weighted by molar-refractivity contribution is -0.145. The molecule has 0 amide bonds. The molecule has 5 heteroatoms. The number of ketones is 1. The van der Waals surface area contributed by atoms with Crippen LogP contribution in [0.4, 0.5) is 0 Å². The van der Waals surface area contributed by atoms with Crippen molar-refractivity contribution in [3.05, 3.63) is 64.9 Å². The highest BCUT2D eigenvalue weighted by Gasteiger charge is 2.21. The van der Waals surface area contributed by atoms with E-state index in [0.29, 0.717) is 22.5 Å². The summed E-state index contributed by atoms with van der Waals surface area (Å²) in [4.78, 5) is 24.8. The molecule has 0 aliphatic carbocycles. The number of esters is 1. The Morgan fingerprint density at radius 1 is 1.07 bits per heavy atom. The van der Waals surface area contributed by atoms with Crippen LogP contribution in [0.3, 0.4) is 0 Å². The molecule has 0 fully saturated rings. The summed E-state index contributed by atoms with van der Waals surface area (Å²) in [5.74, 6) is -0.00923. The molecule has 140 valence electrons. The molecule has 1 atom stereocenters. The van der Waals surface area contributed by atoms with E-state index in [9.17, 15) is 9.59 Å². The lowest BCUT2D eigenvalue weighted by Gasteiger charge is -2.13. The minimum Gasteiger partial charge on any atom is -0.497 e. The Morgan fingerprint density at radius 2 is 1.85 bits per heavy atom. The molecule has 0 spiro atoms. The third-order valence-electron chi connectivity index (χ3n) is 4.67. The van der Waals surface area contributed by atoms with Crippen LogP contribution < -0.4 is 4.74 Å². The number of methoxy groups -OCH3 is 1. The summed E-state index contributed by atoms with van der Waals surface area (Å²) < 4.78 is 16.0. The molecule has 1 aromatic heterocycles. The first-order valence-electron chi connectivity index (χ1n) is 8.74. The molecule has 0 radical (unpaired) electrons. The highest BCUT2D eigenvalue weighted by Crippen LogP contribution is 2.26. The number of hydrogen-bond acceptors (Lipinski definition) is 5. The van der Waals surface area contributed by atoms with E-state index in [2.05, 4.69) is 0 Å². The molecule has 27 heavy (non-hydrogen) atoms. The second-order valence-corrected chi connectivity index (χ2v) is 6.60. The number of hydrogen-bond donors (Lipinski definition) is 0. The molecule has 0 aliphatic rings. The maximum absolute atomic E-state index is 12.5. The van der Waals surface area contributed by atoms with Crippen molar-refractivity contribution in [3.63, 3.8) is 0 Å². The summed E-state index contributed by atoms with van der Waals surface area (Å²) in [6.45, 7) is 5.52. The van der Waals surface area contributed by atoms with Gasteiger partial charge < -0.3 is 13.9 Å². The molecule has 5 nitrogen and oxygen atoms in total. The maximum Gasteiger partial charge on any atom is 0.311 e. The van der Waals surface area contributed by atoms with Gasteiger partial charge in [0, 0.05) is 22.6 Å². The number of benzene rings is 2. The first-order valence-corrected chi connectivity index (χ1v) is 8.74. The van der Waals surface area contributed by atoms with Crippen molar-refractivity contribution in [2.24, 2.45) is 0 Å². The van der Waals surface area contributed by atoms with Crippen LogP contribution >= 0.6 is 0 Å². The van der Waals surface area contributed by atoms with E-state index in [4.69, 9.17) is 13.9 Å². The van der Waals surface area contributed by atoms with Gasteiger partial charge in [0.2, 0.25) is 5.78 Å². The van der Waals surface area contributed by atoms with E-state index < -0.39 is 12.1 Å². The highest BCUT2D eigenvalue weighted by atomic mass is 16.5. The Kier molecular flexibility index (Phi) is 5.31. The molecular weight excluding hydrogens is 344 g/mol. The van der Waals surface area contributed by atoms with Crippen molar-refractivity contribution < 1.29 is 23.5 Å². The second kappa shape index (κ2) is 7.66. The van der Waals surface area contributed by atoms with Crippen molar-refractivity contribution >= 4 is 22.7 Å². The Hall–Kier alpha value is -3.08. The molecule has 0 saturated carbocycles. The van der Waals surface area contributed by atoms with Crippen molar-refractivity contribution in [1.29, 1.82) is 0 Å². The van der Waals surface area contributed by atoms with Gasteiger partial charge in [0.1, 0.15) is 11.3 Å². The molecule has 1 heterocycles. The van der Waals surface area contributed by atoms with E-state index >= 15 is 0 Å². The van der Waals surface area contributed by atoms with E-state index in [-0.39, 0.29) is 12.2 Å². The second-order valence-electron chi connectivity index (χ2n) is 6.60. The topological polar surface area (TPSA) is 65.7 Å². The predicted octanol–water partition coefficient (Wildman–Crippen LogP) is 4.42. The van der Waals surface area contributed by atoms with Crippen LogP contribution in [0.2, 0.25) is 0 Å². The molecule has 2 aromatic carbocycles. The molecule has 0 unspecified atom stereocenters. The van der Waals surface area contributed by atoms with Crippen LogP contribution in [-0.4, -0.2) is 25.0 Å². The highest BCUT2D eigenvalue weighted by molar-refractivity contribution is 6.00. The molecular formula is C22H22O5. The number of fused-ring (bicyclic) bond motifs is 1. The van der Waals surface area contributed by atoms with Crippen molar-refractivity contribution in [1.82, 2.24) is 0 Å². The summed E-state index contributed by atoms with van der Waals surface area (Å²) in [5.41, 5.74) is 4.03. The number of carbonyl (C=O) groups excluding carboxylic acids is 2. The molecule has 0 N–H and O–H groups in total. The predicted molar refractivity (Wildman–Crippen MR) is 102 cm³/mol. The van der Waals surface area contributed by atoms with E-state index in [1.807, 2.05) is 32.0 Å². The lowest BCUT2D eigenvalue weighted by atomic mass is 10.0. The normalized spacial score (nSPS) is 12.0. The van der Waals surface area contributed by atoms with Crippen molar-refractivity contribution in [3.8, 4) is 5.75 Å². The zero-order valence-corrected chi connectivity index (χ0v) is 15.9. The van der Waals surface area contributed by atoms with Gasteiger partial charge in [-0.25, -0.2) is 0 Å². The Balaban J connectivity index is 1.68. The van der Waals surface area contributed by atoms with Crippen LogP contribution in [-0.2, 0) is 16.0 Å². The molecule has 0 saturated heterocycles. The monoisotopic (exact) mass is 366 g/mol. The Bertz CT molecular complexity index is 999. The maximum atomic E-state index is 12.5. The first-order chi connectivity index (χ1) is 12.9. The Morgan fingerprint density at radius 3 is 2.56 bits per heavy atom.